The van der Waals surface area contributed by atoms with E-state index < -0.39 is 0 Å². The van der Waals surface area contributed by atoms with Crippen LogP contribution in [0.3, 0.4) is 0 Å². The molecule has 25 heavy (non-hydrogen) atoms. The van der Waals surface area contributed by atoms with Crippen molar-refractivity contribution >= 4 is 5.91 Å². The summed E-state index contributed by atoms with van der Waals surface area (Å²) in [5.41, 5.74) is 0.950. The van der Waals surface area contributed by atoms with Gasteiger partial charge in [-0.2, -0.15) is 0 Å². The Hall–Kier alpha value is -1.59. The van der Waals surface area contributed by atoms with Crippen LogP contribution >= 0.6 is 0 Å². The van der Waals surface area contributed by atoms with Crippen molar-refractivity contribution in [1.29, 1.82) is 0 Å². The molecule has 1 unspecified atom stereocenters. The number of para-hydroxylation sites is 1. The third-order valence-electron chi connectivity index (χ3n) is 5.46. The van der Waals surface area contributed by atoms with Crippen LogP contribution in [0.15, 0.2) is 24.3 Å². The second-order valence-corrected chi connectivity index (χ2v) is 7.17. The number of nitrogens with one attached hydrogen (secondary N) is 1. The first-order valence-electron chi connectivity index (χ1n) is 9.61. The molecule has 1 heterocycles. The lowest BCUT2D eigenvalue weighted by Crippen LogP contribution is -2.37. The number of amides is 1. The third kappa shape index (κ3) is 4.95. The molecule has 1 aromatic carbocycles. The zero-order valence-electron chi connectivity index (χ0n) is 15.0. The molecule has 1 aromatic rings. The Morgan fingerprint density at radius 1 is 1.20 bits per heavy atom. The van der Waals surface area contributed by atoms with Crippen LogP contribution in [0.4, 0.5) is 0 Å². The van der Waals surface area contributed by atoms with E-state index >= 15 is 0 Å². The fourth-order valence-corrected chi connectivity index (χ4v) is 4.05. The number of aliphatic hydroxyl groups excluding tert-OH is 1. The maximum atomic E-state index is 12.6. The van der Waals surface area contributed by atoms with E-state index in [1.165, 1.54) is 32.1 Å². The maximum Gasteiger partial charge on any atom is 0.224 e. The normalized spacial score (nSPS) is 22.0. The summed E-state index contributed by atoms with van der Waals surface area (Å²) < 4.78 is 5.53. The number of aliphatic hydroxyl groups is 1. The summed E-state index contributed by atoms with van der Waals surface area (Å²) in [7, 11) is 0. The van der Waals surface area contributed by atoms with Crippen molar-refractivity contribution in [3.8, 4) is 5.75 Å². The van der Waals surface area contributed by atoms with Crippen LogP contribution in [0.25, 0.3) is 0 Å². The molecule has 1 saturated heterocycles. The minimum absolute atomic E-state index is 0.0141. The number of ether oxygens (including phenoxy) is 1. The Bertz CT molecular complexity index is 558. The molecule has 3 rings (SSSR count). The number of hydrogen-bond acceptors (Lipinski definition) is 4. The molecule has 2 fully saturated rings. The lowest BCUT2D eigenvalue weighted by atomic mass is 9.94. The SMILES string of the molecule is O=C(NCc1ccccc1OCCO)C1CCN(C2CCCCC2)C1. The summed E-state index contributed by atoms with van der Waals surface area (Å²) in [5.74, 6) is 0.981. The zero-order valence-corrected chi connectivity index (χ0v) is 15.0. The van der Waals surface area contributed by atoms with Gasteiger partial charge in [0.05, 0.1) is 12.5 Å². The van der Waals surface area contributed by atoms with Gasteiger partial charge >= 0.3 is 0 Å². The zero-order chi connectivity index (χ0) is 17.5. The summed E-state index contributed by atoms with van der Waals surface area (Å²) in [6, 6.07) is 8.36. The Morgan fingerprint density at radius 2 is 2.00 bits per heavy atom. The van der Waals surface area contributed by atoms with Gasteiger partial charge in [-0.15, -0.1) is 0 Å². The molecule has 1 saturated carbocycles. The minimum atomic E-state index is -0.0141. The molecule has 2 N–H and O–H groups in total. The van der Waals surface area contributed by atoms with E-state index in [0.717, 1.165) is 30.8 Å². The quantitative estimate of drug-likeness (QED) is 0.795. The Kier molecular flexibility index (Phi) is 6.70. The predicted octanol–water partition coefficient (Wildman–Crippen LogP) is 2.33. The Balaban J connectivity index is 1.48. The highest BCUT2D eigenvalue weighted by Crippen LogP contribution is 2.28. The van der Waals surface area contributed by atoms with Gasteiger partial charge in [0.2, 0.25) is 5.91 Å². The summed E-state index contributed by atoms with van der Waals surface area (Å²) in [5, 5.41) is 12.0. The van der Waals surface area contributed by atoms with Gasteiger partial charge in [0.25, 0.3) is 0 Å². The molecule has 1 aliphatic heterocycles. The van der Waals surface area contributed by atoms with Crippen LogP contribution in [-0.4, -0.2) is 48.3 Å². The lowest BCUT2D eigenvalue weighted by Gasteiger charge is -2.30. The molecule has 5 nitrogen and oxygen atoms in total. The van der Waals surface area contributed by atoms with E-state index in [0.29, 0.717) is 12.6 Å². The van der Waals surface area contributed by atoms with Gasteiger partial charge in [0, 0.05) is 24.7 Å². The van der Waals surface area contributed by atoms with Crippen molar-refractivity contribution in [3.05, 3.63) is 29.8 Å². The van der Waals surface area contributed by atoms with Gasteiger partial charge in [-0.05, 0) is 31.9 Å². The first-order valence-corrected chi connectivity index (χ1v) is 9.61. The molecule has 5 heteroatoms. The van der Waals surface area contributed by atoms with Gasteiger partial charge in [0.15, 0.2) is 0 Å². The minimum Gasteiger partial charge on any atom is -0.491 e. The molecular formula is C20H30N2O3. The summed E-state index contributed by atoms with van der Waals surface area (Å²) in [6.07, 6.45) is 7.59. The van der Waals surface area contributed by atoms with Crippen molar-refractivity contribution < 1.29 is 14.6 Å². The summed E-state index contributed by atoms with van der Waals surface area (Å²) in [6.45, 7) is 2.68. The van der Waals surface area contributed by atoms with E-state index in [9.17, 15) is 4.79 Å². The topological polar surface area (TPSA) is 61.8 Å². The monoisotopic (exact) mass is 346 g/mol. The van der Waals surface area contributed by atoms with Crippen LogP contribution in [0.5, 0.6) is 5.75 Å². The van der Waals surface area contributed by atoms with Crippen LogP contribution in [0.1, 0.15) is 44.1 Å². The molecule has 0 spiro atoms. The van der Waals surface area contributed by atoms with Crippen molar-refractivity contribution in [2.45, 2.75) is 51.1 Å². The second-order valence-electron chi connectivity index (χ2n) is 7.17. The lowest BCUT2D eigenvalue weighted by molar-refractivity contribution is -0.124. The van der Waals surface area contributed by atoms with Gasteiger partial charge < -0.3 is 15.2 Å². The fourth-order valence-electron chi connectivity index (χ4n) is 4.05. The van der Waals surface area contributed by atoms with E-state index in [2.05, 4.69) is 10.2 Å². The highest BCUT2D eigenvalue weighted by molar-refractivity contribution is 5.79. The Morgan fingerprint density at radius 3 is 2.80 bits per heavy atom. The number of nitrogens with zero attached hydrogens (tertiary/aromatic N) is 1. The number of carbonyl (C=O) groups is 1. The van der Waals surface area contributed by atoms with Crippen LogP contribution in [0, 0.1) is 5.92 Å². The first kappa shape index (κ1) is 18.2. The van der Waals surface area contributed by atoms with Crippen LogP contribution in [0.2, 0.25) is 0 Å². The Labute approximate surface area is 150 Å². The van der Waals surface area contributed by atoms with Crippen molar-refractivity contribution in [1.82, 2.24) is 10.2 Å². The van der Waals surface area contributed by atoms with Gasteiger partial charge in [-0.1, -0.05) is 37.5 Å². The van der Waals surface area contributed by atoms with Crippen molar-refractivity contribution in [2.24, 2.45) is 5.92 Å². The van der Waals surface area contributed by atoms with Crippen LogP contribution < -0.4 is 10.1 Å². The highest BCUT2D eigenvalue weighted by Gasteiger charge is 2.32. The summed E-state index contributed by atoms with van der Waals surface area (Å²) >= 11 is 0. The van der Waals surface area contributed by atoms with E-state index in [1.54, 1.807) is 0 Å². The first-order chi connectivity index (χ1) is 12.3. The average molecular weight is 346 g/mol. The van der Waals surface area contributed by atoms with Crippen molar-refractivity contribution in [3.63, 3.8) is 0 Å². The molecular weight excluding hydrogens is 316 g/mol. The molecule has 1 atom stereocenters. The van der Waals surface area contributed by atoms with E-state index in [-0.39, 0.29) is 25.0 Å². The third-order valence-corrected chi connectivity index (χ3v) is 5.46. The van der Waals surface area contributed by atoms with Crippen molar-refractivity contribution in [2.75, 3.05) is 26.3 Å². The number of benzene rings is 1. The van der Waals surface area contributed by atoms with Gasteiger partial charge in [-0.25, -0.2) is 0 Å². The molecule has 1 amide bonds. The van der Waals surface area contributed by atoms with E-state index in [4.69, 9.17) is 9.84 Å². The number of likely N-dealkylation sites (tertiary alicyclic amines) is 1. The number of rotatable bonds is 7. The average Bonchev–Trinajstić information content (AvgIpc) is 3.16. The molecule has 0 radical (unpaired) electrons. The largest absolute Gasteiger partial charge is 0.491 e. The number of hydrogen-bond donors (Lipinski definition) is 2. The molecule has 1 aliphatic carbocycles. The molecule has 0 aromatic heterocycles. The number of carbonyl (C=O) groups excluding carboxylic acids is 1. The van der Waals surface area contributed by atoms with Gasteiger partial charge in [0.1, 0.15) is 12.4 Å². The maximum absolute atomic E-state index is 12.6. The van der Waals surface area contributed by atoms with E-state index in [1.807, 2.05) is 24.3 Å². The molecule has 2 aliphatic rings. The van der Waals surface area contributed by atoms with Gasteiger partial charge in [-0.3, -0.25) is 9.69 Å². The molecule has 138 valence electrons. The standard InChI is InChI=1S/C20H30N2O3/c23-12-13-25-19-9-5-4-6-16(19)14-21-20(24)17-10-11-22(15-17)18-7-2-1-3-8-18/h4-6,9,17-18,23H,1-3,7-8,10-15H2,(H,21,24). The second kappa shape index (κ2) is 9.20. The van der Waals surface area contributed by atoms with Crippen LogP contribution in [-0.2, 0) is 11.3 Å². The highest BCUT2D eigenvalue weighted by atomic mass is 16.5. The fraction of sp³-hybridized carbons (Fsp3) is 0.650. The molecule has 0 bridgehead atoms. The predicted molar refractivity (Wildman–Crippen MR) is 97.4 cm³/mol. The summed E-state index contributed by atoms with van der Waals surface area (Å²) in [4.78, 5) is 15.1. The smallest absolute Gasteiger partial charge is 0.224 e.